The second-order valence-corrected chi connectivity index (χ2v) is 4.81. The molecule has 0 saturated heterocycles. The summed E-state index contributed by atoms with van der Waals surface area (Å²) < 4.78 is 78.8. The summed E-state index contributed by atoms with van der Waals surface area (Å²) in [7, 11) is 1.16. The Hall–Kier alpha value is -2.72. The first-order valence-electron chi connectivity index (χ1n) is 6.67. The van der Waals surface area contributed by atoms with Gasteiger partial charge >= 0.3 is 12.4 Å². The Balaban J connectivity index is 2.58. The molecule has 0 saturated carbocycles. The number of hydrogen-bond donors (Lipinski definition) is 0. The molecule has 2 aromatic rings. The Morgan fingerprint density at radius 1 is 1.12 bits per heavy atom. The number of para-hydroxylation sites is 1. The molecule has 136 valence electrons. The number of carbonyl (C=O) groups excluding carboxylic acids is 1. The number of halogens is 6. The minimum absolute atomic E-state index is 0.350. The van der Waals surface area contributed by atoms with E-state index in [4.69, 9.17) is 0 Å². The number of rotatable bonds is 4. The summed E-state index contributed by atoms with van der Waals surface area (Å²) >= 11 is 0. The van der Waals surface area contributed by atoms with Gasteiger partial charge in [-0.25, -0.2) is 0 Å². The van der Waals surface area contributed by atoms with Crippen LogP contribution in [0.25, 0.3) is 0 Å². The molecule has 1 amide bonds. The average molecular weight is 367 g/mol. The topological polar surface area (TPSA) is 47.4 Å². The van der Waals surface area contributed by atoms with E-state index in [-0.39, 0.29) is 4.90 Å². The monoisotopic (exact) mass is 367 g/mol. The van der Waals surface area contributed by atoms with E-state index in [0.29, 0.717) is 0 Å². The number of nitrogens with zero attached hydrogens (tertiary/aromatic N) is 3. The summed E-state index contributed by atoms with van der Waals surface area (Å²) in [4.78, 5) is 17.4. The van der Waals surface area contributed by atoms with Gasteiger partial charge in [-0.1, -0.05) is 18.2 Å². The molecule has 0 fully saturated rings. The maximum absolute atomic E-state index is 13.1. The predicted molar refractivity (Wildman–Crippen MR) is 73.9 cm³/mol. The van der Waals surface area contributed by atoms with Crippen LogP contribution >= 0.6 is 0 Å². The van der Waals surface area contributed by atoms with Crippen molar-refractivity contribution in [3.8, 4) is 0 Å². The molecule has 25 heavy (non-hydrogen) atoms. The van der Waals surface area contributed by atoms with Crippen molar-refractivity contribution in [1.82, 2.24) is 9.94 Å². The third-order valence-corrected chi connectivity index (χ3v) is 3.13. The van der Waals surface area contributed by atoms with E-state index in [2.05, 4.69) is 9.94 Å². The van der Waals surface area contributed by atoms with E-state index in [1.54, 1.807) is 0 Å². The number of alkyl halides is 6. The standard InChI is InChI=1S/C14H11F6N3O2/c1-25-22-8-9(7-21-22)11(24)23(10-5-3-2-4-6-10)12(13(15,16)17)14(18,19)20/h2-8,12H,1H3. The molecule has 0 N–H and O–H groups in total. The molecule has 0 spiro atoms. The number of benzene rings is 1. The van der Waals surface area contributed by atoms with Gasteiger partial charge in [-0.2, -0.15) is 26.3 Å². The lowest BCUT2D eigenvalue weighted by molar-refractivity contribution is -0.248. The van der Waals surface area contributed by atoms with Gasteiger partial charge in [0.25, 0.3) is 5.91 Å². The van der Waals surface area contributed by atoms with Gasteiger partial charge in [0.05, 0.1) is 18.0 Å². The summed E-state index contributed by atoms with van der Waals surface area (Å²) in [5.74, 6) is -1.52. The van der Waals surface area contributed by atoms with Crippen LogP contribution in [0, 0.1) is 0 Å². The number of aromatic nitrogens is 2. The summed E-state index contributed by atoms with van der Waals surface area (Å²) in [5, 5.41) is 3.50. The van der Waals surface area contributed by atoms with Gasteiger partial charge in [-0.05, 0) is 12.1 Å². The zero-order chi connectivity index (χ0) is 18.8. The number of amides is 1. The average Bonchev–Trinajstić information content (AvgIpc) is 2.99. The number of hydrogen-bond acceptors (Lipinski definition) is 3. The highest BCUT2D eigenvalue weighted by atomic mass is 19.4. The van der Waals surface area contributed by atoms with Crippen LogP contribution in [0.3, 0.4) is 0 Å². The number of carbonyl (C=O) groups is 1. The van der Waals surface area contributed by atoms with Crippen LogP contribution in [-0.2, 0) is 0 Å². The predicted octanol–water partition coefficient (Wildman–Crippen LogP) is 3.08. The highest BCUT2D eigenvalue weighted by Crippen LogP contribution is 2.40. The lowest BCUT2D eigenvalue weighted by Crippen LogP contribution is -2.57. The molecule has 0 atom stereocenters. The Kier molecular flexibility index (Phi) is 4.95. The molecule has 1 heterocycles. The van der Waals surface area contributed by atoms with E-state index >= 15 is 0 Å². The Morgan fingerprint density at radius 2 is 1.68 bits per heavy atom. The van der Waals surface area contributed by atoms with Crippen molar-refractivity contribution < 1.29 is 36.0 Å². The molecular weight excluding hydrogens is 356 g/mol. The Morgan fingerprint density at radius 3 is 2.12 bits per heavy atom. The molecule has 0 bridgehead atoms. The fourth-order valence-electron chi connectivity index (χ4n) is 2.10. The normalized spacial score (nSPS) is 12.3. The fraction of sp³-hybridized carbons (Fsp3) is 0.286. The quantitative estimate of drug-likeness (QED) is 0.781. The van der Waals surface area contributed by atoms with Crippen LogP contribution in [0.5, 0.6) is 0 Å². The summed E-state index contributed by atoms with van der Waals surface area (Å²) in [6.45, 7) is 0. The van der Waals surface area contributed by atoms with Crippen molar-refractivity contribution in [3.05, 3.63) is 48.3 Å². The SMILES string of the molecule is COn1cc(C(=O)N(c2ccccc2)C(C(F)(F)F)C(F)(F)F)cn1. The Labute approximate surface area is 137 Å². The third kappa shape index (κ3) is 4.03. The minimum Gasteiger partial charge on any atom is -0.400 e. The van der Waals surface area contributed by atoms with E-state index in [1.165, 1.54) is 18.2 Å². The number of anilines is 1. The molecule has 0 aliphatic heterocycles. The van der Waals surface area contributed by atoms with Gasteiger partial charge in [0.2, 0.25) is 6.04 Å². The lowest BCUT2D eigenvalue weighted by atomic mass is 10.1. The first kappa shape index (κ1) is 18.6. The van der Waals surface area contributed by atoms with Gasteiger partial charge in [-0.3, -0.25) is 9.69 Å². The van der Waals surface area contributed by atoms with E-state index in [1.807, 2.05) is 0 Å². The van der Waals surface area contributed by atoms with Crippen molar-refractivity contribution in [2.24, 2.45) is 0 Å². The van der Waals surface area contributed by atoms with E-state index < -0.39 is 35.6 Å². The van der Waals surface area contributed by atoms with Crippen LogP contribution in [0.2, 0.25) is 0 Å². The highest BCUT2D eigenvalue weighted by molar-refractivity contribution is 6.06. The molecular formula is C14H11F6N3O2. The highest BCUT2D eigenvalue weighted by Gasteiger charge is 2.61. The van der Waals surface area contributed by atoms with Crippen LogP contribution in [0.4, 0.5) is 32.0 Å². The third-order valence-electron chi connectivity index (χ3n) is 3.13. The molecule has 0 radical (unpaired) electrons. The van der Waals surface area contributed by atoms with Gasteiger partial charge in [0, 0.05) is 5.69 Å². The molecule has 0 aliphatic rings. The lowest BCUT2D eigenvalue weighted by Gasteiger charge is -2.34. The second-order valence-electron chi connectivity index (χ2n) is 4.81. The van der Waals surface area contributed by atoms with Crippen molar-refractivity contribution in [2.45, 2.75) is 18.4 Å². The summed E-state index contributed by atoms with van der Waals surface area (Å²) in [6.07, 6.45) is -9.78. The zero-order valence-electron chi connectivity index (χ0n) is 12.5. The van der Waals surface area contributed by atoms with Crippen molar-refractivity contribution in [1.29, 1.82) is 0 Å². The van der Waals surface area contributed by atoms with Gasteiger partial charge in [0.15, 0.2) is 0 Å². The molecule has 2 rings (SSSR count). The minimum atomic E-state index is -5.74. The molecule has 0 aliphatic carbocycles. The fourth-order valence-corrected chi connectivity index (χ4v) is 2.10. The van der Waals surface area contributed by atoms with Crippen LogP contribution < -0.4 is 9.74 Å². The first-order chi connectivity index (χ1) is 11.6. The van der Waals surface area contributed by atoms with Crippen molar-refractivity contribution >= 4 is 11.6 Å². The van der Waals surface area contributed by atoms with E-state index in [9.17, 15) is 31.1 Å². The van der Waals surface area contributed by atoms with Crippen LogP contribution in [0.1, 0.15) is 10.4 Å². The van der Waals surface area contributed by atoms with Gasteiger partial charge < -0.3 is 4.84 Å². The molecule has 1 aromatic carbocycles. The molecule has 5 nitrogen and oxygen atoms in total. The maximum Gasteiger partial charge on any atom is 0.418 e. The first-order valence-corrected chi connectivity index (χ1v) is 6.67. The summed E-state index contributed by atoms with van der Waals surface area (Å²) in [6, 6.07) is 1.77. The smallest absolute Gasteiger partial charge is 0.400 e. The maximum atomic E-state index is 13.1. The zero-order valence-corrected chi connectivity index (χ0v) is 12.5. The molecule has 0 unspecified atom stereocenters. The van der Waals surface area contributed by atoms with Gasteiger partial charge in [0.1, 0.15) is 7.11 Å². The molecule has 1 aromatic heterocycles. The molecule has 11 heteroatoms. The van der Waals surface area contributed by atoms with Crippen LogP contribution in [-0.4, -0.2) is 41.4 Å². The van der Waals surface area contributed by atoms with Crippen LogP contribution in [0.15, 0.2) is 42.7 Å². The van der Waals surface area contributed by atoms with Gasteiger partial charge in [-0.15, -0.1) is 9.94 Å². The summed E-state index contributed by atoms with van der Waals surface area (Å²) in [5.41, 5.74) is -1.05. The Bertz CT molecular complexity index is 712. The van der Waals surface area contributed by atoms with Crippen molar-refractivity contribution in [3.63, 3.8) is 0 Å². The van der Waals surface area contributed by atoms with Crippen molar-refractivity contribution in [2.75, 3.05) is 12.0 Å². The largest absolute Gasteiger partial charge is 0.418 e. The van der Waals surface area contributed by atoms with E-state index in [0.717, 1.165) is 36.5 Å². The second kappa shape index (κ2) is 6.65.